The van der Waals surface area contributed by atoms with Crippen molar-refractivity contribution in [3.05, 3.63) is 53.9 Å². The van der Waals surface area contributed by atoms with Crippen molar-refractivity contribution in [1.29, 1.82) is 0 Å². The Bertz CT molecular complexity index is 1320. The molecule has 1 amide bonds. The van der Waals surface area contributed by atoms with Crippen LogP contribution in [0.3, 0.4) is 0 Å². The van der Waals surface area contributed by atoms with Crippen LogP contribution in [-0.2, 0) is 0 Å². The zero-order chi connectivity index (χ0) is 22.4. The summed E-state index contributed by atoms with van der Waals surface area (Å²) >= 11 is 0. The summed E-state index contributed by atoms with van der Waals surface area (Å²) in [7, 11) is 0. The monoisotopic (exact) mass is 430 g/mol. The smallest absolute Gasteiger partial charge is 0.259 e. The first-order valence-corrected chi connectivity index (χ1v) is 10.8. The van der Waals surface area contributed by atoms with Crippen molar-refractivity contribution in [2.75, 3.05) is 23.3 Å². The van der Waals surface area contributed by atoms with Gasteiger partial charge >= 0.3 is 0 Å². The van der Waals surface area contributed by atoms with E-state index >= 15 is 0 Å². The summed E-state index contributed by atoms with van der Waals surface area (Å²) in [6.07, 6.45) is 6.97. The molecule has 32 heavy (non-hydrogen) atoms. The molecule has 0 aliphatic carbocycles. The number of aryl methyl sites for hydroxylation is 2. The third kappa shape index (κ3) is 3.64. The molecule has 4 heterocycles. The second-order valence-electron chi connectivity index (χ2n) is 8.54. The molecule has 0 unspecified atom stereocenters. The molecule has 0 radical (unpaired) electrons. The summed E-state index contributed by atoms with van der Waals surface area (Å²) in [6.45, 7) is 9.92. The minimum atomic E-state index is -0.269. The quantitative estimate of drug-likeness (QED) is 0.515. The molecule has 3 aromatic heterocycles. The minimum absolute atomic E-state index is 0.269. The van der Waals surface area contributed by atoms with Crippen LogP contribution in [0.25, 0.3) is 16.7 Å². The fourth-order valence-corrected chi connectivity index (χ4v) is 4.55. The summed E-state index contributed by atoms with van der Waals surface area (Å²) in [6, 6.07) is 4.53. The molecule has 164 valence electrons. The lowest BCUT2D eigenvalue weighted by molar-refractivity contribution is 0.102. The van der Waals surface area contributed by atoms with Crippen LogP contribution in [0.15, 0.2) is 36.9 Å². The molecule has 1 aromatic carbocycles. The lowest BCUT2D eigenvalue weighted by Gasteiger charge is -2.38. The molecule has 1 fully saturated rings. The van der Waals surface area contributed by atoms with E-state index in [0.717, 1.165) is 35.7 Å². The Morgan fingerprint density at radius 3 is 2.50 bits per heavy atom. The fourth-order valence-electron chi connectivity index (χ4n) is 4.55. The fraction of sp³-hybridized carbons (Fsp3) is 0.348. The van der Waals surface area contributed by atoms with E-state index in [9.17, 15) is 4.79 Å². The van der Waals surface area contributed by atoms with Crippen molar-refractivity contribution < 1.29 is 4.79 Å². The molecule has 2 atom stereocenters. The predicted molar refractivity (Wildman–Crippen MR) is 124 cm³/mol. The van der Waals surface area contributed by atoms with Gasteiger partial charge in [0.05, 0.1) is 28.8 Å². The zero-order valence-electron chi connectivity index (χ0n) is 18.6. The van der Waals surface area contributed by atoms with Gasteiger partial charge in [-0.3, -0.25) is 19.7 Å². The number of imidazole rings is 1. The van der Waals surface area contributed by atoms with Crippen LogP contribution in [0.2, 0.25) is 0 Å². The number of carbonyl (C=O) groups excluding carboxylic acids is 1. The number of rotatable bonds is 3. The van der Waals surface area contributed by atoms with Crippen LogP contribution < -0.4 is 15.5 Å². The third-order valence-electron chi connectivity index (χ3n) is 5.71. The number of hydrogen-bond donors (Lipinski definition) is 2. The number of hydrogen-bond acceptors (Lipinski definition) is 7. The minimum Gasteiger partial charge on any atom is -0.367 e. The second kappa shape index (κ2) is 7.83. The van der Waals surface area contributed by atoms with Crippen molar-refractivity contribution in [2.45, 2.75) is 39.8 Å². The summed E-state index contributed by atoms with van der Waals surface area (Å²) in [5.41, 5.74) is 5.19. The van der Waals surface area contributed by atoms with Crippen molar-refractivity contribution in [2.24, 2.45) is 0 Å². The topological polar surface area (TPSA) is 100 Å². The van der Waals surface area contributed by atoms with E-state index in [-0.39, 0.29) is 5.91 Å². The molecule has 0 saturated carbocycles. The van der Waals surface area contributed by atoms with Crippen LogP contribution in [-0.4, -0.2) is 55.4 Å². The van der Waals surface area contributed by atoms with Gasteiger partial charge in [0.15, 0.2) is 11.5 Å². The summed E-state index contributed by atoms with van der Waals surface area (Å²) in [5, 5.41) is 6.46. The van der Waals surface area contributed by atoms with E-state index in [1.165, 1.54) is 0 Å². The number of carbonyl (C=O) groups is 1. The van der Waals surface area contributed by atoms with Gasteiger partial charge in [0.1, 0.15) is 11.0 Å². The van der Waals surface area contributed by atoms with E-state index in [1.54, 1.807) is 18.6 Å². The van der Waals surface area contributed by atoms with Crippen LogP contribution in [0.4, 0.5) is 11.5 Å². The number of piperazine rings is 1. The lowest BCUT2D eigenvalue weighted by Crippen LogP contribution is -2.54. The molecule has 1 aliphatic heterocycles. The Labute approximate surface area is 185 Å². The highest BCUT2D eigenvalue weighted by Gasteiger charge is 2.24. The van der Waals surface area contributed by atoms with Crippen molar-refractivity contribution in [3.63, 3.8) is 0 Å². The van der Waals surface area contributed by atoms with Gasteiger partial charge in [0.25, 0.3) is 5.91 Å². The first-order valence-electron chi connectivity index (χ1n) is 10.8. The van der Waals surface area contributed by atoms with E-state index in [2.05, 4.69) is 49.3 Å². The van der Waals surface area contributed by atoms with Gasteiger partial charge in [-0.15, -0.1) is 0 Å². The maximum Gasteiger partial charge on any atom is 0.259 e. The normalized spacial score (nSPS) is 18.9. The number of nitrogens with zero attached hydrogens (tertiary/aromatic N) is 6. The Balaban J connectivity index is 1.49. The average Bonchev–Trinajstić information content (AvgIpc) is 3.14. The van der Waals surface area contributed by atoms with E-state index in [0.29, 0.717) is 34.6 Å². The standard InChI is InChI=1S/C23H26N8O/c1-13-9-30(10-14(2)26-13)18-6-5-17(20-21(18)25-8-7-24-20)23(32)29-19-12-31-11-15(3)27-16(4)22(31)28-19/h5-8,11-14,26H,9-10H2,1-4H3,(H,29,32)/t13-,14+. The molecule has 4 aromatic rings. The highest BCUT2D eigenvalue weighted by Crippen LogP contribution is 2.28. The van der Waals surface area contributed by atoms with Crippen LogP contribution in [0.5, 0.6) is 0 Å². The zero-order valence-corrected chi connectivity index (χ0v) is 18.6. The molecule has 1 aliphatic rings. The number of anilines is 2. The molecule has 0 spiro atoms. The summed E-state index contributed by atoms with van der Waals surface area (Å²) in [5.74, 6) is 0.200. The van der Waals surface area contributed by atoms with Crippen molar-refractivity contribution >= 4 is 34.1 Å². The molecular formula is C23H26N8O. The van der Waals surface area contributed by atoms with Gasteiger partial charge in [-0.05, 0) is 39.8 Å². The SMILES string of the molecule is Cc1cn2cc(NC(=O)c3ccc(N4C[C@@H](C)N[C@@H](C)C4)c4nccnc34)nc2c(C)n1. The van der Waals surface area contributed by atoms with Gasteiger partial charge in [0.2, 0.25) is 0 Å². The molecule has 9 heteroatoms. The largest absolute Gasteiger partial charge is 0.367 e. The highest BCUT2D eigenvalue weighted by molar-refractivity contribution is 6.12. The summed E-state index contributed by atoms with van der Waals surface area (Å²) in [4.78, 5) is 33.5. The second-order valence-corrected chi connectivity index (χ2v) is 8.54. The molecule has 0 bridgehead atoms. The van der Waals surface area contributed by atoms with Crippen molar-refractivity contribution in [1.82, 2.24) is 29.7 Å². The lowest BCUT2D eigenvalue weighted by atomic mass is 10.1. The Morgan fingerprint density at radius 2 is 1.75 bits per heavy atom. The molecule has 5 rings (SSSR count). The third-order valence-corrected chi connectivity index (χ3v) is 5.71. The number of amides is 1. The number of fused-ring (bicyclic) bond motifs is 2. The molecule has 1 saturated heterocycles. The van der Waals surface area contributed by atoms with Crippen LogP contribution in [0.1, 0.15) is 35.6 Å². The molecule has 9 nitrogen and oxygen atoms in total. The van der Waals surface area contributed by atoms with Crippen LogP contribution in [0, 0.1) is 13.8 Å². The Kier molecular flexibility index (Phi) is 4.97. The highest BCUT2D eigenvalue weighted by atomic mass is 16.1. The van der Waals surface area contributed by atoms with Gasteiger partial charge in [0, 0.05) is 43.8 Å². The van der Waals surface area contributed by atoms with E-state index in [1.807, 2.05) is 36.6 Å². The molecule has 2 N–H and O–H groups in total. The first-order chi connectivity index (χ1) is 15.4. The van der Waals surface area contributed by atoms with Gasteiger partial charge in [-0.1, -0.05) is 0 Å². The van der Waals surface area contributed by atoms with Crippen molar-refractivity contribution in [3.8, 4) is 0 Å². The van der Waals surface area contributed by atoms with E-state index < -0.39 is 0 Å². The van der Waals surface area contributed by atoms with E-state index in [4.69, 9.17) is 0 Å². The first kappa shape index (κ1) is 20.3. The maximum absolute atomic E-state index is 13.2. The Morgan fingerprint density at radius 1 is 1.03 bits per heavy atom. The summed E-state index contributed by atoms with van der Waals surface area (Å²) < 4.78 is 1.88. The van der Waals surface area contributed by atoms with Gasteiger partial charge in [-0.25, -0.2) is 4.98 Å². The Hall–Kier alpha value is -3.59. The van der Waals surface area contributed by atoms with Gasteiger partial charge in [-0.2, -0.15) is 0 Å². The molecular weight excluding hydrogens is 404 g/mol. The average molecular weight is 431 g/mol. The van der Waals surface area contributed by atoms with Crippen LogP contribution >= 0.6 is 0 Å². The number of aromatic nitrogens is 5. The maximum atomic E-state index is 13.2. The number of benzene rings is 1. The number of nitrogens with one attached hydrogen (secondary N) is 2. The predicted octanol–water partition coefficient (Wildman–Crippen LogP) is 2.73. The van der Waals surface area contributed by atoms with Gasteiger partial charge < -0.3 is 19.9 Å².